The third-order valence-electron chi connectivity index (χ3n) is 3.38. The van der Waals surface area contributed by atoms with Crippen LogP contribution in [0.3, 0.4) is 0 Å². The van der Waals surface area contributed by atoms with Gasteiger partial charge in [0.25, 0.3) is 0 Å². The molecule has 0 spiro atoms. The highest BCUT2D eigenvalue weighted by molar-refractivity contribution is 5.32. The van der Waals surface area contributed by atoms with Crippen molar-refractivity contribution in [2.75, 3.05) is 0 Å². The van der Waals surface area contributed by atoms with Gasteiger partial charge in [-0.3, -0.25) is 0 Å². The van der Waals surface area contributed by atoms with E-state index in [2.05, 4.69) is 5.10 Å². The zero-order valence-corrected chi connectivity index (χ0v) is 11.3. The molecule has 2 nitrogen and oxygen atoms in total. The summed E-state index contributed by atoms with van der Waals surface area (Å²) in [4.78, 5) is 0. The quantitative estimate of drug-likeness (QED) is 0.709. The maximum Gasteiger partial charge on any atom is 0.219 e. The monoisotopic (exact) mass is 284 g/mol. The second-order valence-electron chi connectivity index (χ2n) is 4.83. The maximum atomic E-state index is 14.3. The highest BCUT2D eigenvalue weighted by Crippen LogP contribution is 2.16. The highest BCUT2D eigenvalue weighted by Gasteiger charge is 2.11. The van der Waals surface area contributed by atoms with E-state index in [0.29, 0.717) is 17.7 Å². The summed E-state index contributed by atoms with van der Waals surface area (Å²) in [5.74, 6) is -0.742. The van der Waals surface area contributed by atoms with Crippen molar-refractivity contribution in [1.82, 2.24) is 9.78 Å². The average molecular weight is 284 g/mol. The Morgan fingerprint density at radius 2 is 1.57 bits per heavy atom. The summed E-state index contributed by atoms with van der Waals surface area (Å²) < 4.78 is 28.4. The Balaban J connectivity index is 1.78. The fourth-order valence-corrected chi connectivity index (χ4v) is 2.22. The molecule has 0 radical (unpaired) electrons. The molecule has 0 saturated carbocycles. The number of rotatable bonds is 4. The van der Waals surface area contributed by atoms with Gasteiger partial charge in [0.05, 0.1) is 11.9 Å². The third-order valence-corrected chi connectivity index (χ3v) is 3.38. The molecule has 3 rings (SSSR count). The minimum Gasteiger partial charge on any atom is -0.207 e. The Morgan fingerprint density at radius 3 is 2.29 bits per heavy atom. The lowest BCUT2D eigenvalue weighted by Crippen LogP contribution is -2.01. The normalized spacial score (nSPS) is 10.8. The van der Waals surface area contributed by atoms with Gasteiger partial charge >= 0.3 is 0 Å². The zero-order chi connectivity index (χ0) is 14.7. The van der Waals surface area contributed by atoms with Crippen LogP contribution in [0.1, 0.15) is 11.1 Å². The molecule has 0 saturated heterocycles. The van der Waals surface area contributed by atoms with E-state index in [1.54, 1.807) is 0 Å². The molecule has 0 fully saturated rings. The van der Waals surface area contributed by atoms with Crippen LogP contribution in [-0.4, -0.2) is 9.78 Å². The van der Waals surface area contributed by atoms with Crippen LogP contribution in [-0.2, 0) is 12.8 Å². The summed E-state index contributed by atoms with van der Waals surface area (Å²) in [7, 11) is 0. The second-order valence-corrected chi connectivity index (χ2v) is 4.83. The second kappa shape index (κ2) is 5.87. The first-order valence-corrected chi connectivity index (χ1v) is 6.76. The first-order valence-electron chi connectivity index (χ1n) is 6.76. The Morgan fingerprint density at radius 1 is 0.857 bits per heavy atom. The summed E-state index contributed by atoms with van der Waals surface area (Å²) in [5.41, 5.74) is 2.23. The molecule has 106 valence electrons. The molecule has 1 aromatic heterocycles. The zero-order valence-electron chi connectivity index (χ0n) is 11.3. The molecule has 4 heteroatoms. The standard InChI is InChI=1S/C17H14F2N2/c18-15-8-10-16(11-9-15)21-17(19)14(12-20-21)7-6-13-4-2-1-3-5-13/h1-5,8-12H,6-7H2. The SMILES string of the molecule is Fc1ccc(-n2ncc(CCc3ccccc3)c2F)cc1. The number of benzene rings is 2. The molecule has 0 N–H and O–H groups in total. The van der Waals surface area contributed by atoms with E-state index >= 15 is 0 Å². The molecule has 2 aromatic carbocycles. The van der Waals surface area contributed by atoms with Gasteiger partial charge in [-0.2, -0.15) is 9.49 Å². The van der Waals surface area contributed by atoms with E-state index in [1.165, 1.54) is 35.1 Å². The van der Waals surface area contributed by atoms with Crippen LogP contribution in [0.25, 0.3) is 5.69 Å². The van der Waals surface area contributed by atoms with E-state index in [9.17, 15) is 8.78 Å². The van der Waals surface area contributed by atoms with Crippen molar-refractivity contribution in [3.63, 3.8) is 0 Å². The van der Waals surface area contributed by atoms with Crippen molar-refractivity contribution in [3.8, 4) is 5.69 Å². The largest absolute Gasteiger partial charge is 0.219 e. The van der Waals surface area contributed by atoms with Crippen LogP contribution in [0.5, 0.6) is 0 Å². The average Bonchev–Trinajstić information content (AvgIpc) is 2.88. The van der Waals surface area contributed by atoms with E-state index < -0.39 is 5.95 Å². The Bertz CT molecular complexity index is 718. The van der Waals surface area contributed by atoms with Crippen LogP contribution in [0.2, 0.25) is 0 Å². The number of nitrogens with zero attached hydrogens (tertiary/aromatic N) is 2. The van der Waals surface area contributed by atoms with Gasteiger partial charge in [-0.15, -0.1) is 0 Å². The van der Waals surface area contributed by atoms with Crippen molar-refractivity contribution >= 4 is 0 Å². The Kier molecular flexibility index (Phi) is 3.77. The fraction of sp³-hybridized carbons (Fsp3) is 0.118. The molecule has 21 heavy (non-hydrogen) atoms. The van der Waals surface area contributed by atoms with E-state index in [0.717, 1.165) is 12.0 Å². The van der Waals surface area contributed by atoms with Crippen molar-refractivity contribution in [3.05, 3.63) is 83.7 Å². The lowest BCUT2D eigenvalue weighted by Gasteiger charge is -2.03. The lowest BCUT2D eigenvalue weighted by atomic mass is 10.1. The topological polar surface area (TPSA) is 17.8 Å². The number of halogens is 2. The van der Waals surface area contributed by atoms with Gasteiger partial charge < -0.3 is 0 Å². The molecular weight excluding hydrogens is 270 g/mol. The van der Waals surface area contributed by atoms with Crippen LogP contribution in [0.15, 0.2) is 60.8 Å². The van der Waals surface area contributed by atoms with Gasteiger partial charge in [0, 0.05) is 5.56 Å². The van der Waals surface area contributed by atoms with Crippen LogP contribution >= 0.6 is 0 Å². The van der Waals surface area contributed by atoms with Crippen LogP contribution in [0.4, 0.5) is 8.78 Å². The predicted octanol–water partition coefficient (Wildman–Crippen LogP) is 3.94. The predicted molar refractivity (Wildman–Crippen MR) is 77.3 cm³/mol. The number of aryl methyl sites for hydroxylation is 2. The Labute approximate surface area is 121 Å². The summed E-state index contributed by atoms with van der Waals surface area (Å²) in [6.07, 6.45) is 2.87. The summed E-state index contributed by atoms with van der Waals surface area (Å²) in [6, 6.07) is 15.5. The molecule has 0 bridgehead atoms. The van der Waals surface area contributed by atoms with Gasteiger partial charge in [0.1, 0.15) is 5.82 Å². The molecular formula is C17H14F2N2. The van der Waals surface area contributed by atoms with E-state index in [4.69, 9.17) is 0 Å². The van der Waals surface area contributed by atoms with Gasteiger partial charge in [-0.25, -0.2) is 9.07 Å². The minimum atomic E-state index is -0.391. The van der Waals surface area contributed by atoms with Crippen LogP contribution < -0.4 is 0 Å². The first-order chi connectivity index (χ1) is 10.2. The minimum absolute atomic E-state index is 0.351. The lowest BCUT2D eigenvalue weighted by molar-refractivity contribution is 0.525. The number of hydrogen-bond acceptors (Lipinski definition) is 1. The molecule has 3 aromatic rings. The molecule has 0 atom stereocenters. The maximum absolute atomic E-state index is 14.3. The fourth-order valence-electron chi connectivity index (χ4n) is 2.22. The van der Waals surface area contributed by atoms with Crippen molar-refractivity contribution < 1.29 is 8.78 Å². The summed E-state index contributed by atoms with van der Waals surface area (Å²) >= 11 is 0. The van der Waals surface area contributed by atoms with Gasteiger partial charge in [0.15, 0.2) is 0 Å². The van der Waals surface area contributed by atoms with Gasteiger partial charge in [0.2, 0.25) is 5.95 Å². The molecule has 0 amide bonds. The molecule has 0 unspecified atom stereocenters. The Hall–Kier alpha value is -2.49. The van der Waals surface area contributed by atoms with Gasteiger partial charge in [-0.05, 0) is 42.7 Å². The smallest absolute Gasteiger partial charge is 0.207 e. The molecule has 0 aliphatic heterocycles. The van der Waals surface area contributed by atoms with Crippen molar-refractivity contribution in [1.29, 1.82) is 0 Å². The summed E-state index contributed by atoms with van der Waals surface area (Å²) in [6.45, 7) is 0. The summed E-state index contributed by atoms with van der Waals surface area (Å²) in [5, 5.41) is 4.05. The van der Waals surface area contributed by atoms with Gasteiger partial charge in [-0.1, -0.05) is 30.3 Å². The van der Waals surface area contributed by atoms with Crippen molar-refractivity contribution in [2.45, 2.75) is 12.8 Å². The van der Waals surface area contributed by atoms with E-state index in [-0.39, 0.29) is 5.82 Å². The van der Waals surface area contributed by atoms with E-state index in [1.807, 2.05) is 30.3 Å². The number of aromatic nitrogens is 2. The highest BCUT2D eigenvalue weighted by atomic mass is 19.1. The molecule has 1 heterocycles. The first kappa shape index (κ1) is 13.5. The number of hydrogen-bond donors (Lipinski definition) is 0. The van der Waals surface area contributed by atoms with Crippen LogP contribution in [0, 0.1) is 11.8 Å². The van der Waals surface area contributed by atoms with Crippen molar-refractivity contribution in [2.24, 2.45) is 0 Å². The molecule has 0 aliphatic carbocycles. The third kappa shape index (κ3) is 2.99. The molecule has 0 aliphatic rings.